The number of primary amides is 1. The summed E-state index contributed by atoms with van der Waals surface area (Å²) < 4.78 is 3.91. The lowest BCUT2D eigenvalue weighted by molar-refractivity contribution is 0.100. The summed E-state index contributed by atoms with van der Waals surface area (Å²) in [6.07, 6.45) is 6.71. The molecule has 10 heteroatoms. The molecule has 2 fully saturated rings. The predicted octanol–water partition coefficient (Wildman–Crippen LogP) is 2.64. The molecule has 4 aromatic rings. The summed E-state index contributed by atoms with van der Waals surface area (Å²) in [5.74, 6) is 1.30. The van der Waals surface area contributed by atoms with Crippen molar-refractivity contribution >= 4 is 16.8 Å². The van der Waals surface area contributed by atoms with Gasteiger partial charge in [0.05, 0.1) is 17.4 Å². The molecule has 4 N–H and O–H groups in total. The van der Waals surface area contributed by atoms with Crippen molar-refractivity contribution in [3.63, 3.8) is 0 Å². The van der Waals surface area contributed by atoms with Crippen LogP contribution < -0.4 is 11.1 Å². The number of hydrogen-bond donors (Lipinski definition) is 3. The summed E-state index contributed by atoms with van der Waals surface area (Å²) in [6.45, 7) is 5.55. The van der Waals surface area contributed by atoms with E-state index < -0.39 is 5.91 Å². The lowest BCUT2D eigenvalue weighted by Crippen LogP contribution is -2.39. The minimum Gasteiger partial charge on any atom is -0.366 e. The Morgan fingerprint density at radius 1 is 1.12 bits per heavy atom. The second-order valence-electron chi connectivity index (χ2n) is 9.63. The Labute approximate surface area is 196 Å². The van der Waals surface area contributed by atoms with Gasteiger partial charge in [0.2, 0.25) is 5.91 Å². The van der Waals surface area contributed by atoms with E-state index >= 15 is 0 Å². The Balaban J connectivity index is 1.39. The van der Waals surface area contributed by atoms with Gasteiger partial charge in [-0.15, -0.1) is 10.2 Å². The molecule has 2 aliphatic rings. The zero-order valence-corrected chi connectivity index (χ0v) is 19.5. The molecule has 10 nitrogen and oxygen atoms in total. The number of benzene rings is 1. The molecule has 3 atom stereocenters. The first-order valence-electron chi connectivity index (χ1n) is 12.0. The van der Waals surface area contributed by atoms with Gasteiger partial charge >= 0.3 is 0 Å². The summed E-state index contributed by atoms with van der Waals surface area (Å²) in [4.78, 5) is 15.5. The second kappa shape index (κ2) is 8.05. The fourth-order valence-corrected chi connectivity index (χ4v) is 5.71. The molecule has 1 amide bonds. The van der Waals surface area contributed by atoms with Crippen molar-refractivity contribution in [2.75, 3.05) is 0 Å². The molecule has 176 valence electrons. The number of aromatic nitrogens is 7. The quantitative estimate of drug-likeness (QED) is 0.406. The molecule has 3 aromatic heterocycles. The SMILES string of the molecule is CCn1nc(C)cc1-c1nnc(-c2cc(C(N)=O)cc3c2cnn3C[C@@H]2C[C@H]3CC[C@@H](C2)N3)[nH]1. The van der Waals surface area contributed by atoms with E-state index in [1.165, 1.54) is 12.8 Å². The summed E-state index contributed by atoms with van der Waals surface area (Å²) >= 11 is 0. The van der Waals surface area contributed by atoms with Gasteiger partial charge < -0.3 is 16.0 Å². The highest BCUT2D eigenvalue weighted by molar-refractivity contribution is 6.02. The summed E-state index contributed by atoms with van der Waals surface area (Å²) in [5, 5.41) is 22.6. The van der Waals surface area contributed by atoms with Crippen LogP contribution in [0.1, 0.15) is 48.7 Å². The van der Waals surface area contributed by atoms with Gasteiger partial charge in [0.15, 0.2) is 11.6 Å². The van der Waals surface area contributed by atoms with Crippen LogP contribution in [0, 0.1) is 12.8 Å². The fourth-order valence-electron chi connectivity index (χ4n) is 5.71. The van der Waals surface area contributed by atoms with Gasteiger partial charge in [0.1, 0.15) is 5.69 Å². The Morgan fingerprint density at radius 3 is 2.62 bits per heavy atom. The van der Waals surface area contributed by atoms with Crippen LogP contribution >= 0.6 is 0 Å². The number of nitrogens with one attached hydrogen (secondary N) is 2. The minimum atomic E-state index is -0.477. The van der Waals surface area contributed by atoms with Crippen LogP contribution in [0.15, 0.2) is 24.4 Å². The minimum absolute atomic E-state index is 0.432. The highest BCUT2D eigenvalue weighted by Crippen LogP contribution is 2.34. The molecule has 0 spiro atoms. The standard InChI is InChI=1S/C24H29N9O/c1-3-32-21(6-13(2)31-32)24-28-23(29-30-24)18-9-15(22(25)34)10-20-19(18)11-26-33(20)12-14-7-16-4-5-17(8-14)27-16/h6,9-11,14,16-17,27H,3-5,7-8,12H2,1-2H3,(H2,25,34)(H,28,29,30)/t14-,16-,17+. The first kappa shape index (κ1) is 21.0. The molecular weight excluding hydrogens is 430 g/mol. The van der Waals surface area contributed by atoms with Crippen LogP contribution in [0.3, 0.4) is 0 Å². The van der Waals surface area contributed by atoms with E-state index in [0.29, 0.717) is 35.2 Å². The second-order valence-corrected chi connectivity index (χ2v) is 9.63. The number of H-pyrrole nitrogens is 1. The van der Waals surface area contributed by atoms with Crippen molar-refractivity contribution in [2.45, 2.75) is 64.7 Å². The summed E-state index contributed by atoms with van der Waals surface area (Å²) in [7, 11) is 0. The molecule has 2 aliphatic heterocycles. The number of piperidine rings is 1. The van der Waals surface area contributed by atoms with E-state index in [4.69, 9.17) is 10.8 Å². The number of rotatable bonds is 6. The van der Waals surface area contributed by atoms with Gasteiger partial charge in [0.25, 0.3) is 0 Å². The molecule has 2 saturated heterocycles. The number of hydrogen-bond acceptors (Lipinski definition) is 6. The first-order valence-corrected chi connectivity index (χ1v) is 12.0. The molecule has 0 saturated carbocycles. The van der Waals surface area contributed by atoms with Crippen molar-refractivity contribution in [1.29, 1.82) is 0 Å². The lowest BCUT2D eigenvalue weighted by Gasteiger charge is -2.29. The van der Waals surface area contributed by atoms with Crippen LogP contribution in [-0.2, 0) is 13.1 Å². The first-order chi connectivity index (χ1) is 16.5. The topological polar surface area (TPSA) is 132 Å². The van der Waals surface area contributed by atoms with E-state index in [1.54, 1.807) is 6.07 Å². The third-order valence-corrected chi connectivity index (χ3v) is 7.24. The highest BCUT2D eigenvalue weighted by atomic mass is 16.1. The van der Waals surface area contributed by atoms with Crippen molar-refractivity contribution in [1.82, 2.24) is 40.1 Å². The number of aromatic amines is 1. The molecule has 2 bridgehead atoms. The molecule has 1 aromatic carbocycles. The predicted molar refractivity (Wildman–Crippen MR) is 128 cm³/mol. The van der Waals surface area contributed by atoms with Crippen LogP contribution in [0.4, 0.5) is 0 Å². The zero-order chi connectivity index (χ0) is 23.4. The van der Waals surface area contributed by atoms with Gasteiger partial charge in [0, 0.05) is 41.7 Å². The molecular formula is C24H29N9O. The van der Waals surface area contributed by atoms with E-state index in [1.807, 2.05) is 41.5 Å². The highest BCUT2D eigenvalue weighted by Gasteiger charge is 2.33. The van der Waals surface area contributed by atoms with Crippen molar-refractivity contribution < 1.29 is 4.79 Å². The number of nitrogens with zero attached hydrogens (tertiary/aromatic N) is 6. The van der Waals surface area contributed by atoms with Gasteiger partial charge in [-0.2, -0.15) is 10.2 Å². The number of aryl methyl sites for hydroxylation is 2. The van der Waals surface area contributed by atoms with E-state index in [-0.39, 0.29) is 0 Å². The Morgan fingerprint density at radius 2 is 1.88 bits per heavy atom. The van der Waals surface area contributed by atoms with Gasteiger partial charge in [-0.25, -0.2) is 0 Å². The lowest BCUT2D eigenvalue weighted by atomic mass is 9.92. The average Bonchev–Trinajstić information content (AvgIpc) is 3.60. The molecule has 0 aliphatic carbocycles. The van der Waals surface area contributed by atoms with Crippen LogP contribution in [0.25, 0.3) is 33.8 Å². The van der Waals surface area contributed by atoms with Crippen molar-refractivity contribution in [2.24, 2.45) is 11.7 Å². The monoisotopic (exact) mass is 459 g/mol. The maximum atomic E-state index is 12.2. The Hall–Kier alpha value is -3.53. The molecule has 34 heavy (non-hydrogen) atoms. The number of nitrogens with two attached hydrogens (primary N) is 1. The van der Waals surface area contributed by atoms with Crippen LogP contribution in [0.2, 0.25) is 0 Å². The van der Waals surface area contributed by atoms with Gasteiger partial charge in [-0.3, -0.25) is 14.2 Å². The number of amides is 1. The third kappa shape index (κ3) is 3.58. The largest absolute Gasteiger partial charge is 0.366 e. The van der Waals surface area contributed by atoms with E-state index in [0.717, 1.165) is 53.8 Å². The molecule has 5 heterocycles. The zero-order valence-electron chi connectivity index (χ0n) is 19.5. The number of carbonyl (C=O) groups excluding carboxylic acids is 1. The Bertz CT molecular complexity index is 1370. The third-order valence-electron chi connectivity index (χ3n) is 7.24. The average molecular weight is 460 g/mol. The Kier molecular flexibility index (Phi) is 4.98. The van der Waals surface area contributed by atoms with E-state index in [9.17, 15) is 4.79 Å². The van der Waals surface area contributed by atoms with Crippen LogP contribution in [-0.4, -0.2) is 52.7 Å². The maximum absolute atomic E-state index is 12.2. The van der Waals surface area contributed by atoms with E-state index in [2.05, 4.69) is 25.6 Å². The summed E-state index contributed by atoms with van der Waals surface area (Å²) in [5.41, 5.74) is 9.58. The fraction of sp³-hybridized carbons (Fsp3) is 0.458. The number of carbonyl (C=O) groups is 1. The van der Waals surface area contributed by atoms with Crippen LogP contribution in [0.5, 0.6) is 0 Å². The van der Waals surface area contributed by atoms with Crippen molar-refractivity contribution in [3.05, 3.63) is 35.7 Å². The molecule has 0 unspecified atom stereocenters. The smallest absolute Gasteiger partial charge is 0.248 e. The van der Waals surface area contributed by atoms with Crippen molar-refractivity contribution in [3.8, 4) is 22.9 Å². The molecule has 0 radical (unpaired) electrons. The normalized spacial score (nSPS) is 22.0. The summed E-state index contributed by atoms with van der Waals surface area (Å²) in [6, 6.07) is 6.84. The maximum Gasteiger partial charge on any atom is 0.248 e. The number of fused-ring (bicyclic) bond motifs is 3. The van der Waals surface area contributed by atoms with Gasteiger partial charge in [-0.05, 0) is 63.6 Å². The van der Waals surface area contributed by atoms with Gasteiger partial charge in [-0.1, -0.05) is 0 Å². The molecule has 6 rings (SSSR count).